The van der Waals surface area contributed by atoms with Gasteiger partial charge in [0.2, 0.25) is 0 Å². The Labute approximate surface area is 152 Å². The molecule has 0 amide bonds. The predicted octanol–water partition coefficient (Wildman–Crippen LogP) is 4.32. The zero-order valence-corrected chi connectivity index (χ0v) is 15.1. The van der Waals surface area contributed by atoms with Gasteiger partial charge in [-0.05, 0) is 57.5 Å². The highest BCUT2D eigenvalue weighted by Crippen LogP contribution is 2.42. The van der Waals surface area contributed by atoms with Gasteiger partial charge in [-0.2, -0.15) is 0 Å². The molecular formula is C20H22O6. The second-order valence-corrected chi connectivity index (χ2v) is 6.34. The van der Waals surface area contributed by atoms with Crippen LogP contribution in [0.4, 0.5) is 0 Å². The molecule has 0 atom stereocenters. The molecule has 0 bridgehead atoms. The van der Waals surface area contributed by atoms with Gasteiger partial charge in [-0.3, -0.25) is 0 Å². The highest BCUT2D eigenvalue weighted by Gasteiger charge is 2.23. The summed E-state index contributed by atoms with van der Waals surface area (Å²) in [4.78, 5) is 22.7. The van der Waals surface area contributed by atoms with E-state index in [1.807, 2.05) is 13.8 Å². The highest BCUT2D eigenvalue weighted by molar-refractivity contribution is 5.94. The molecular weight excluding hydrogens is 336 g/mol. The van der Waals surface area contributed by atoms with E-state index in [4.69, 9.17) is 14.6 Å². The van der Waals surface area contributed by atoms with E-state index in [9.17, 15) is 14.7 Å². The van der Waals surface area contributed by atoms with E-state index in [1.54, 1.807) is 32.0 Å². The Morgan fingerprint density at radius 3 is 1.77 bits per heavy atom. The van der Waals surface area contributed by atoms with Crippen LogP contribution in [0.3, 0.4) is 0 Å². The van der Waals surface area contributed by atoms with Gasteiger partial charge in [-0.1, -0.05) is 12.1 Å². The van der Waals surface area contributed by atoms with Gasteiger partial charge in [0, 0.05) is 5.56 Å². The molecule has 2 aromatic carbocycles. The second-order valence-electron chi connectivity index (χ2n) is 6.34. The molecule has 6 heteroatoms. The lowest BCUT2D eigenvalue weighted by molar-refractivity contribution is 0.0680. The molecule has 2 rings (SSSR count). The van der Waals surface area contributed by atoms with Crippen LogP contribution in [0, 0.1) is 0 Å². The zero-order valence-electron chi connectivity index (χ0n) is 15.1. The number of aromatic carboxylic acids is 2. The average molecular weight is 358 g/mol. The van der Waals surface area contributed by atoms with Crippen LogP contribution in [0.5, 0.6) is 11.5 Å². The molecule has 6 nitrogen and oxygen atoms in total. The van der Waals surface area contributed by atoms with E-state index < -0.39 is 11.9 Å². The van der Waals surface area contributed by atoms with Crippen LogP contribution in [0.15, 0.2) is 36.4 Å². The first-order chi connectivity index (χ1) is 12.2. The molecule has 0 aliphatic carbocycles. The van der Waals surface area contributed by atoms with Crippen molar-refractivity contribution >= 4 is 11.9 Å². The molecule has 0 aromatic heterocycles. The molecule has 0 saturated heterocycles. The second kappa shape index (κ2) is 7.91. The SMILES string of the molecule is CC(C)Oc1c(C(=O)O)ccc(-c2ccc(C(=O)O)cc2)c1OC(C)C. The maximum Gasteiger partial charge on any atom is 0.339 e. The molecule has 2 N–H and O–H groups in total. The van der Waals surface area contributed by atoms with Crippen LogP contribution in [0.2, 0.25) is 0 Å². The Balaban J connectivity index is 2.67. The van der Waals surface area contributed by atoms with Crippen molar-refractivity contribution in [3.05, 3.63) is 47.5 Å². The van der Waals surface area contributed by atoms with Crippen LogP contribution < -0.4 is 9.47 Å². The Morgan fingerprint density at radius 2 is 1.31 bits per heavy atom. The third-order valence-corrected chi connectivity index (χ3v) is 3.49. The average Bonchev–Trinajstić information content (AvgIpc) is 2.55. The Bertz CT molecular complexity index is 806. The fourth-order valence-electron chi connectivity index (χ4n) is 2.46. The van der Waals surface area contributed by atoms with Gasteiger partial charge in [0.15, 0.2) is 11.5 Å². The third kappa shape index (κ3) is 4.33. The minimum absolute atomic E-state index is 0.0141. The van der Waals surface area contributed by atoms with Crippen LogP contribution in [0.25, 0.3) is 11.1 Å². The molecule has 0 radical (unpaired) electrons. The van der Waals surface area contributed by atoms with Gasteiger partial charge in [-0.25, -0.2) is 9.59 Å². The first kappa shape index (κ1) is 19.3. The number of carboxylic acid groups (broad SMARTS) is 2. The van der Waals surface area contributed by atoms with Crippen molar-refractivity contribution in [3.8, 4) is 22.6 Å². The Morgan fingerprint density at radius 1 is 0.769 bits per heavy atom. The molecule has 0 saturated carbocycles. The van der Waals surface area contributed by atoms with Gasteiger partial charge in [-0.15, -0.1) is 0 Å². The minimum atomic E-state index is -1.11. The summed E-state index contributed by atoms with van der Waals surface area (Å²) < 4.78 is 11.7. The molecule has 138 valence electrons. The summed E-state index contributed by atoms with van der Waals surface area (Å²) in [5, 5.41) is 18.5. The molecule has 26 heavy (non-hydrogen) atoms. The molecule has 2 aromatic rings. The summed E-state index contributed by atoms with van der Waals surface area (Å²) >= 11 is 0. The van der Waals surface area contributed by atoms with Crippen molar-refractivity contribution in [1.82, 2.24) is 0 Å². The lowest BCUT2D eigenvalue weighted by Gasteiger charge is -2.22. The van der Waals surface area contributed by atoms with E-state index in [-0.39, 0.29) is 29.1 Å². The van der Waals surface area contributed by atoms with Crippen molar-refractivity contribution in [2.75, 3.05) is 0 Å². The zero-order chi connectivity index (χ0) is 19.4. The number of hydrogen-bond acceptors (Lipinski definition) is 4. The maximum absolute atomic E-state index is 11.6. The summed E-state index contributed by atoms with van der Waals surface area (Å²) in [7, 11) is 0. The Hall–Kier alpha value is -3.02. The maximum atomic E-state index is 11.6. The lowest BCUT2D eigenvalue weighted by atomic mass is 10.00. The quantitative estimate of drug-likeness (QED) is 0.765. The number of benzene rings is 2. The molecule has 0 aliphatic heterocycles. The van der Waals surface area contributed by atoms with Gasteiger partial charge in [0.25, 0.3) is 0 Å². The van der Waals surface area contributed by atoms with Gasteiger partial charge in [0.1, 0.15) is 5.56 Å². The van der Waals surface area contributed by atoms with Crippen LogP contribution in [0.1, 0.15) is 48.4 Å². The van der Waals surface area contributed by atoms with Crippen molar-refractivity contribution in [2.24, 2.45) is 0 Å². The Kier molecular flexibility index (Phi) is 5.87. The highest BCUT2D eigenvalue weighted by atomic mass is 16.5. The largest absolute Gasteiger partial charge is 0.486 e. The first-order valence-electron chi connectivity index (χ1n) is 8.28. The summed E-state index contributed by atoms with van der Waals surface area (Å²) in [6.45, 7) is 7.28. The van der Waals surface area contributed by atoms with E-state index >= 15 is 0 Å². The van der Waals surface area contributed by atoms with E-state index in [2.05, 4.69) is 0 Å². The van der Waals surface area contributed by atoms with Crippen molar-refractivity contribution in [1.29, 1.82) is 0 Å². The standard InChI is InChI=1S/C20H22O6/c1-11(2)25-17-15(13-5-7-14(8-6-13)19(21)22)9-10-16(20(23)24)18(17)26-12(3)4/h5-12H,1-4H3,(H,21,22)(H,23,24). The fourth-order valence-corrected chi connectivity index (χ4v) is 2.46. The number of hydrogen-bond donors (Lipinski definition) is 2. The summed E-state index contributed by atoms with van der Waals surface area (Å²) in [6.07, 6.45) is -0.446. The monoisotopic (exact) mass is 358 g/mol. The lowest BCUT2D eigenvalue weighted by Crippen LogP contribution is -2.14. The first-order valence-corrected chi connectivity index (χ1v) is 8.28. The van der Waals surface area contributed by atoms with Crippen molar-refractivity contribution < 1.29 is 29.3 Å². The fraction of sp³-hybridized carbons (Fsp3) is 0.300. The summed E-state index contributed by atoms with van der Waals surface area (Å²) in [6, 6.07) is 9.41. The van der Waals surface area contributed by atoms with Crippen LogP contribution in [-0.2, 0) is 0 Å². The molecule has 0 aliphatic rings. The molecule has 0 spiro atoms. The van der Waals surface area contributed by atoms with Crippen molar-refractivity contribution in [2.45, 2.75) is 39.9 Å². The number of rotatable bonds is 7. The van der Waals surface area contributed by atoms with E-state index in [1.165, 1.54) is 18.2 Å². The molecule has 0 heterocycles. The van der Waals surface area contributed by atoms with Gasteiger partial charge in [0.05, 0.1) is 17.8 Å². The smallest absolute Gasteiger partial charge is 0.339 e. The van der Waals surface area contributed by atoms with E-state index in [0.717, 1.165) is 0 Å². The number of ether oxygens (including phenoxy) is 2. The molecule has 0 fully saturated rings. The van der Waals surface area contributed by atoms with Gasteiger partial charge >= 0.3 is 11.9 Å². The van der Waals surface area contributed by atoms with Gasteiger partial charge < -0.3 is 19.7 Å². The number of carbonyl (C=O) groups is 2. The van der Waals surface area contributed by atoms with Crippen molar-refractivity contribution in [3.63, 3.8) is 0 Å². The predicted molar refractivity (Wildman–Crippen MR) is 97.3 cm³/mol. The number of carboxylic acids is 2. The summed E-state index contributed by atoms with van der Waals surface area (Å²) in [5.41, 5.74) is 1.52. The van der Waals surface area contributed by atoms with Crippen LogP contribution >= 0.6 is 0 Å². The third-order valence-electron chi connectivity index (χ3n) is 3.49. The summed E-state index contributed by atoms with van der Waals surface area (Å²) in [5.74, 6) is -1.63. The van der Waals surface area contributed by atoms with Crippen LogP contribution in [-0.4, -0.2) is 34.4 Å². The topological polar surface area (TPSA) is 93.1 Å². The van der Waals surface area contributed by atoms with E-state index in [0.29, 0.717) is 16.9 Å². The minimum Gasteiger partial charge on any atom is -0.486 e. The normalized spacial score (nSPS) is 10.8. The molecule has 0 unspecified atom stereocenters.